The van der Waals surface area contributed by atoms with Gasteiger partial charge in [0.05, 0.1) is 6.54 Å². The quantitative estimate of drug-likeness (QED) is 0.755. The first kappa shape index (κ1) is 16.6. The molecule has 24 heavy (non-hydrogen) atoms. The Morgan fingerprint density at radius 2 is 1.42 bits per heavy atom. The maximum atomic E-state index is 12.5. The van der Waals surface area contributed by atoms with Gasteiger partial charge in [0.15, 0.2) is 11.6 Å². The predicted molar refractivity (Wildman–Crippen MR) is 95.4 cm³/mol. The maximum Gasteiger partial charge on any atom is 0.176 e. The molecule has 1 aliphatic rings. The monoisotopic (exact) mass is 321 g/mol. The highest BCUT2D eigenvalue weighted by atomic mass is 16.1. The smallest absolute Gasteiger partial charge is 0.176 e. The van der Waals surface area contributed by atoms with E-state index in [1.165, 1.54) is 0 Å². The second-order valence-corrected chi connectivity index (χ2v) is 6.40. The Labute approximate surface area is 143 Å². The molecule has 1 unspecified atom stereocenters. The Balaban J connectivity index is 1.65. The first-order chi connectivity index (χ1) is 11.7. The predicted octanol–water partition coefficient (Wildman–Crippen LogP) is 4.00. The summed E-state index contributed by atoms with van der Waals surface area (Å²) >= 11 is 0. The van der Waals surface area contributed by atoms with Gasteiger partial charge in [-0.2, -0.15) is 0 Å². The van der Waals surface area contributed by atoms with E-state index in [2.05, 4.69) is 4.90 Å². The van der Waals surface area contributed by atoms with E-state index in [-0.39, 0.29) is 17.6 Å². The lowest BCUT2D eigenvalue weighted by molar-refractivity contribution is 0.0768. The zero-order valence-electron chi connectivity index (χ0n) is 13.9. The molecular weight excluding hydrogens is 298 g/mol. The number of Topliss-reactive ketones (excluding diaryl/α,β-unsaturated/α-hetero) is 2. The van der Waals surface area contributed by atoms with E-state index >= 15 is 0 Å². The van der Waals surface area contributed by atoms with Crippen LogP contribution in [-0.2, 0) is 0 Å². The number of piperidine rings is 1. The molecule has 3 rings (SSSR count). The first-order valence-electron chi connectivity index (χ1n) is 8.64. The van der Waals surface area contributed by atoms with E-state index in [1.54, 1.807) is 0 Å². The van der Waals surface area contributed by atoms with Crippen LogP contribution in [-0.4, -0.2) is 35.6 Å². The molecule has 0 saturated carbocycles. The van der Waals surface area contributed by atoms with Crippen LogP contribution in [0, 0.1) is 0 Å². The summed E-state index contributed by atoms with van der Waals surface area (Å²) in [4.78, 5) is 27.2. The summed E-state index contributed by atoms with van der Waals surface area (Å²) in [5.74, 6) is 0.300. The molecule has 0 bridgehead atoms. The normalized spacial score (nSPS) is 18.2. The molecule has 0 amide bonds. The van der Waals surface area contributed by atoms with Gasteiger partial charge in [-0.1, -0.05) is 67.1 Å². The van der Waals surface area contributed by atoms with Crippen molar-refractivity contribution in [3.63, 3.8) is 0 Å². The number of nitrogens with zero attached hydrogens (tertiary/aromatic N) is 1. The first-order valence-corrected chi connectivity index (χ1v) is 8.64. The van der Waals surface area contributed by atoms with Gasteiger partial charge in [-0.3, -0.25) is 14.5 Å². The number of hydrogen-bond donors (Lipinski definition) is 0. The van der Waals surface area contributed by atoms with E-state index in [1.807, 2.05) is 60.7 Å². The summed E-state index contributed by atoms with van der Waals surface area (Å²) in [7, 11) is 0. The largest absolute Gasteiger partial charge is 0.294 e. The van der Waals surface area contributed by atoms with Crippen LogP contribution in [0.25, 0.3) is 0 Å². The van der Waals surface area contributed by atoms with Gasteiger partial charge in [0, 0.05) is 23.6 Å². The van der Waals surface area contributed by atoms with Crippen molar-refractivity contribution in [1.29, 1.82) is 0 Å². The molecular formula is C21H23NO2. The van der Waals surface area contributed by atoms with Crippen molar-refractivity contribution in [3.8, 4) is 0 Å². The number of likely N-dealkylation sites (tertiary alicyclic amines) is 1. The zero-order valence-corrected chi connectivity index (χ0v) is 13.9. The number of carbonyl (C=O) groups excluding carboxylic acids is 2. The molecule has 1 heterocycles. The van der Waals surface area contributed by atoms with Crippen molar-refractivity contribution in [2.24, 2.45) is 0 Å². The molecule has 0 radical (unpaired) electrons. The summed E-state index contributed by atoms with van der Waals surface area (Å²) in [6, 6.07) is 19.0. The van der Waals surface area contributed by atoms with Crippen LogP contribution in [0.2, 0.25) is 0 Å². The van der Waals surface area contributed by atoms with Gasteiger partial charge in [0.1, 0.15) is 0 Å². The number of rotatable bonds is 6. The van der Waals surface area contributed by atoms with Crippen molar-refractivity contribution in [1.82, 2.24) is 4.90 Å². The Hall–Kier alpha value is -2.26. The third-order valence-corrected chi connectivity index (χ3v) is 4.71. The highest BCUT2D eigenvalue weighted by Crippen LogP contribution is 2.22. The summed E-state index contributed by atoms with van der Waals surface area (Å²) in [5, 5.41) is 0. The molecule has 0 spiro atoms. The van der Waals surface area contributed by atoms with Crippen molar-refractivity contribution in [2.45, 2.75) is 31.7 Å². The molecule has 3 heteroatoms. The van der Waals surface area contributed by atoms with Gasteiger partial charge < -0.3 is 0 Å². The minimum Gasteiger partial charge on any atom is -0.294 e. The van der Waals surface area contributed by atoms with Crippen LogP contribution < -0.4 is 0 Å². The summed E-state index contributed by atoms with van der Waals surface area (Å²) < 4.78 is 0. The molecule has 0 aromatic heterocycles. The minimum atomic E-state index is 0.134. The molecule has 2 aromatic carbocycles. The average molecular weight is 321 g/mol. The maximum absolute atomic E-state index is 12.5. The lowest BCUT2D eigenvalue weighted by Gasteiger charge is -2.35. The fraction of sp³-hybridized carbons (Fsp3) is 0.333. The van der Waals surface area contributed by atoms with Gasteiger partial charge >= 0.3 is 0 Å². The Kier molecular flexibility index (Phi) is 5.55. The number of hydrogen-bond acceptors (Lipinski definition) is 3. The fourth-order valence-corrected chi connectivity index (χ4v) is 3.36. The Bertz CT molecular complexity index is 620. The Morgan fingerprint density at radius 3 is 2.04 bits per heavy atom. The molecule has 1 fully saturated rings. The summed E-state index contributed by atoms with van der Waals surface area (Å²) in [6.07, 6.45) is 3.70. The molecule has 1 atom stereocenters. The third-order valence-electron chi connectivity index (χ3n) is 4.71. The van der Waals surface area contributed by atoms with Gasteiger partial charge in [-0.25, -0.2) is 0 Å². The number of carbonyl (C=O) groups is 2. The van der Waals surface area contributed by atoms with Gasteiger partial charge in [0.25, 0.3) is 0 Å². The summed E-state index contributed by atoms with van der Waals surface area (Å²) in [5.41, 5.74) is 1.51. The number of benzene rings is 2. The molecule has 3 nitrogen and oxygen atoms in total. The van der Waals surface area contributed by atoms with E-state index in [9.17, 15) is 9.59 Å². The van der Waals surface area contributed by atoms with Crippen LogP contribution in [0.3, 0.4) is 0 Å². The van der Waals surface area contributed by atoms with Crippen molar-refractivity contribution >= 4 is 11.6 Å². The van der Waals surface area contributed by atoms with Gasteiger partial charge in [-0.05, 0) is 19.4 Å². The van der Waals surface area contributed by atoms with E-state index < -0.39 is 0 Å². The second-order valence-electron chi connectivity index (χ2n) is 6.40. The van der Waals surface area contributed by atoms with Crippen molar-refractivity contribution in [2.75, 3.05) is 13.1 Å². The topological polar surface area (TPSA) is 37.4 Å². The van der Waals surface area contributed by atoms with E-state index in [4.69, 9.17) is 0 Å². The Morgan fingerprint density at radius 1 is 0.833 bits per heavy atom. The molecule has 124 valence electrons. The fourth-order valence-electron chi connectivity index (χ4n) is 3.36. The van der Waals surface area contributed by atoms with Crippen LogP contribution in [0.5, 0.6) is 0 Å². The lowest BCUT2D eigenvalue weighted by Crippen LogP contribution is -2.43. The molecule has 1 aliphatic heterocycles. The van der Waals surface area contributed by atoms with Gasteiger partial charge in [0.2, 0.25) is 0 Å². The molecule has 0 N–H and O–H groups in total. The molecule has 0 aliphatic carbocycles. The average Bonchev–Trinajstić information content (AvgIpc) is 2.64. The minimum absolute atomic E-state index is 0.134. The van der Waals surface area contributed by atoms with Crippen LogP contribution >= 0.6 is 0 Å². The highest BCUT2D eigenvalue weighted by molar-refractivity contribution is 5.98. The van der Waals surface area contributed by atoms with E-state index in [0.717, 1.165) is 36.9 Å². The van der Waals surface area contributed by atoms with E-state index in [0.29, 0.717) is 13.0 Å². The highest BCUT2D eigenvalue weighted by Gasteiger charge is 2.26. The number of ketones is 2. The van der Waals surface area contributed by atoms with Crippen molar-refractivity contribution in [3.05, 3.63) is 71.8 Å². The van der Waals surface area contributed by atoms with Crippen LogP contribution in [0.4, 0.5) is 0 Å². The van der Waals surface area contributed by atoms with Gasteiger partial charge in [-0.15, -0.1) is 0 Å². The zero-order chi connectivity index (χ0) is 16.8. The third kappa shape index (κ3) is 4.18. The van der Waals surface area contributed by atoms with Crippen LogP contribution in [0.1, 0.15) is 46.4 Å². The molecule has 1 saturated heterocycles. The van der Waals surface area contributed by atoms with Crippen LogP contribution in [0.15, 0.2) is 60.7 Å². The molecule has 2 aromatic rings. The summed E-state index contributed by atoms with van der Waals surface area (Å²) in [6.45, 7) is 1.29. The SMILES string of the molecule is O=C(CC1CCCCN1CC(=O)c1ccccc1)c1ccccc1. The van der Waals surface area contributed by atoms with Crippen molar-refractivity contribution < 1.29 is 9.59 Å². The standard InChI is InChI=1S/C21H23NO2/c23-20(17-9-3-1-4-10-17)15-19-13-7-8-14-22(19)16-21(24)18-11-5-2-6-12-18/h1-6,9-12,19H,7-8,13-16H2. The second kappa shape index (κ2) is 8.02. The lowest BCUT2D eigenvalue weighted by atomic mass is 9.94.